The fourth-order valence-corrected chi connectivity index (χ4v) is 9.34. The number of aldehydes is 1. The molecule has 0 radical (unpaired) electrons. The van der Waals surface area contributed by atoms with Crippen LogP contribution in [0.2, 0.25) is 0 Å². The van der Waals surface area contributed by atoms with E-state index >= 15 is 0 Å². The van der Waals surface area contributed by atoms with Crippen molar-refractivity contribution in [1.82, 2.24) is 0 Å². The van der Waals surface area contributed by atoms with Gasteiger partial charge in [-0.1, -0.05) is 38.8 Å². The summed E-state index contributed by atoms with van der Waals surface area (Å²) < 4.78 is 17.4. The number of aliphatic hydroxyl groups is 2. The summed E-state index contributed by atoms with van der Waals surface area (Å²) in [5.41, 5.74) is -2.28. The molecule has 4 aliphatic carbocycles. The predicted octanol–water partition coefficient (Wildman–Crippen LogP) is 2.41. The molecule has 4 fully saturated rings. The predicted molar refractivity (Wildman–Crippen MR) is 125 cm³/mol. The summed E-state index contributed by atoms with van der Waals surface area (Å²) in [5.74, 6) is -0.358. The summed E-state index contributed by atoms with van der Waals surface area (Å²) in [6.45, 7) is 8.02. The summed E-state index contributed by atoms with van der Waals surface area (Å²) in [6.07, 6.45) is 1.32. The summed E-state index contributed by atoms with van der Waals surface area (Å²) in [7, 11) is 1.45. The van der Waals surface area contributed by atoms with Gasteiger partial charge < -0.3 is 34.3 Å². The molecule has 1 heterocycles. The van der Waals surface area contributed by atoms with Crippen LogP contribution in [0.25, 0.3) is 0 Å². The van der Waals surface area contributed by atoms with E-state index in [1.54, 1.807) is 6.92 Å². The Morgan fingerprint density at radius 1 is 1.23 bits per heavy atom. The lowest BCUT2D eigenvalue weighted by Gasteiger charge is -2.58. The number of carboxylic acid groups (broad SMARTS) is 1. The lowest BCUT2D eigenvalue weighted by molar-refractivity contribution is -0.306. The molecule has 0 aromatic carbocycles. The maximum Gasteiger partial charge on any atom is 0.315 e. The van der Waals surface area contributed by atoms with Gasteiger partial charge in [0.25, 0.3) is 0 Å². The number of ether oxygens (including phenoxy) is 3. The van der Waals surface area contributed by atoms with Gasteiger partial charge in [0, 0.05) is 12.5 Å². The Kier molecular flexibility index (Phi) is 6.04. The Hall–Kier alpha value is -1.32. The third-order valence-electron chi connectivity index (χ3n) is 10.7. The average Bonchev–Trinajstić information content (AvgIpc) is 3.38. The van der Waals surface area contributed by atoms with Gasteiger partial charge in [-0.15, -0.1) is 0 Å². The van der Waals surface area contributed by atoms with Crippen LogP contribution < -0.4 is 0 Å². The molecule has 12 atom stereocenters. The number of allylic oxidation sites excluding steroid dienone is 1. The molecule has 35 heavy (non-hydrogen) atoms. The van der Waals surface area contributed by atoms with E-state index in [1.807, 2.05) is 13.8 Å². The zero-order valence-corrected chi connectivity index (χ0v) is 21.3. The molecule has 5 rings (SSSR count). The minimum absolute atomic E-state index is 0.0219. The normalized spacial score (nSPS) is 52.5. The van der Waals surface area contributed by atoms with E-state index in [2.05, 4.69) is 13.0 Å². The van der Waals surface area contributed by atoms with E-state index in [0.29, 0.717) is 18.8 Å². The van der Waals surface area contributed by atoms with Crippen LogP contribution in [-0.4, -0.2) is 72.0 Å². The topological polar surface area (TPSA) is 123 Å². The molecule has 0 amide bonds. The molecule has 8 heteroatoms. The summed E-state index contributed by atoms with van der Waals surface area (Å²) in [4.78, 5) is 26.5. The Balaban J connectivity index is 1.57. The van der Waals surface area contributed by atoms with Crippen molar-refractivity contribution in [2.45, 2.75) is 84.1 Å². The number of hydrogen-bond acceptors (Lipinski definition) is 7. The molecule has 3 saturated carbocycles. The van der Waals surface area contributed by atoms with E-state index in [-0.39, 0.29) is 30.3 Å². The first-order valence-corrected chi connectivity index (χ1v) is 13.1. The van der Waals surface area contributed by atoms with Gasteiger partial charge in [0.15, 0.2) is 6.29 Å². The quantitative estimate of drug-likeness (QED) is 0.366. The van der Waals surface area contributed by atoms with Crippen molar-refractivity contribution in [1.29, 1.82) is 0 Å². The van der Waals surface area contributed by atoms with Gasteiger partial charge in [-0.3, -0.25) is 4.79 Å². The van der Waals surface area contributed by atoms with Crippen molar-refractivity contribution in [3.63, 3.8) is 0 Å². The second-order valence-corrected chi connectivity index (χ2v) is 12.2. The second kappa shape index (κ2) is 8.35. The van der Waals surface area contributed by atoms with Gasteiger partial charge in [0.1, 0.15) is 30.0 Å². The Labute approximate surface area is 207 Å². The number of aliphatic carboxylic acids is 1. The van der Waals surface area contributed by atoms with Crippen LogP contribution in [-0.2, 0) is 23.8 Å². The Bertz CT molecular complexity index is 917. The average molecular weight is 493 g/mol. The number of fused-ring (bicyclic) bond motifs is 2. The van der Waals surface area contributed by atoms with E-state index in [1.165, 1.54) is 7.11 Å². The summed E-state index contributed by atoms with van der Waals surface area (Å²) >= 11 is 0. The van der Waals surface area contributed by atoms with Crippen molar-refractivity contribution in [2.75, 3.05) is 13.7 Å². The van der Waals surface area contributed by atoms with E-state index in [0.717, 1.165) is 24.7 Å². The fourth-order valence-electron chi connectivity index (χ4n) is 9.34. The highest BCUT2D eigenvalue weighted by Gasteiger charge is 2.84. The van der Waals surface area contributed by atoms with Gasteiger partial charge in [-0.25, -0.2) is 0 Å². The summed E-state index contributed by atoms with van der Waals surface area (Å²) in [5, 5.41) is 32.3. The van der Waals surface area contributed by atoms with Gasteiger partial charge in [-0.2, -0.15) is 0 Å². The first-order chi connectivity index (χ1) is 16.5. The minimum Gasteiger partial charge on any atom is -0.481 e. The van der Waals surface area contributed by atoms with Gasteiger partial charge >= 0.3 is 5.97 Å². The summed E-state index contributed by atoms with van der Waals surface area (Å²) in [6, 6.07) is 0. The molecular formula is C27H40O8. The molecule has 1 saturated heterocycles. The molecule has 1 aliphatic heterocycles. The van der Waals surface area contributed by atoms with Crippen LogP contribution in [0.3, 0.4) is 0 Å². The molecule has 5 aliphatic rings. The molecule has 0 spiro atoms. The third-order valence-corrected chi connectivity index (χ3v) is 10.7. The van der Waals surface area contributed by atoms with Crippen LogP contribution in [0.4, 0.5) is 0 Å². The van der Waals surface area contributed by atoms with Crippen molar-refractivity contribution in [3.8, 4) is 0 Å². The van der Waals surface area contributed by atoms with Crippen molar-refractivity contribution in [3.05, 3.63) is 11.6 Å². The molecule has 0 aromatic rings. The zero-order valence-electron chi connectivity index (χ0n) is 21.3. The van der Waals surface area contributed by atoms with Crippen molar-refractivity contribution in [2.24, 2.45) is 45.8 Å². The number of methoxy groups -OCH3 is 1. The SMILES string of the molecule is CO[C@@H]1[C@H](O)[C@H](O)[C@H](OC[C@@]23C[C@@H]4[C@H](C)CC[C@H]4[C@]4(C=O)C[C@@H]2C=C(C(C)C)[C@@]34C(=O)O)O[C@@H]1C. The maximum atomic E-state index is 13.5. The van der Waals surface area contributed by atoms with Gasteiger partial charge in [0.2, 0.25) is 0 Å². The van der Waals surface area contributed by atoms with Crippen LogP contribution in [0, 0.1) is 45.8 Å². The fraction of sp³-hybridized carbons (Fsp3) is 0.852. The van der Waals surface area contributed by atoms with Gasteiger partial charge in [0.05, 0.1) is 18.1 Å². The molecule has 4 bridgehead atoms. The lowest BCUT2D eigenvalue weighted by atomic mass is 9.43. The number of carbonyl (C=O) groups is 2. The first kappa shape index (κ1) is 25.3. The van der Waals surface area contributed by atoms with E-state index in [4.69, 9.17) is 14.2 Å². The van der Waals surface area contributed by atoms with Crippen LogP contribution in [0.1, 0.15) is 53.4 Å². The van der Waals surface area contributed by atoms with Crippen LogP contribution in [0.15, 0.2) is 11.6 Å². The van der Waals surface area contributed by atoms with Gasteiger partial charge in [-0.05, 0) is 55.8 Å². The smallest absolute Gasteiger partial charge is 0.315 e. The zero-order chi connectivity index (χ0) is 25.5. The number of hydrogen-bond donors (Lipinski definition) is 3. The largest absolute Gasteiger partial charge is 0.481 e. The molecule has 3 N–H and O–H groups in total. The lowest BCUT2D eigenvalue weighted by Crippen LogP contribution is -2.64. The standard InChI is InChI=1S/C27H40O8/c1-13(2)19-8-16-9-25(11-28)18-7-6-14(3)17(18)10-26(16,27(19,25)24(31)32)12-34-23-21(30)20(29)22(33-5)15(4)35-23/h8,11,13-18,20-23,29-30H,6-7,9-10,12H2,1-5H3,(H,31,32)/t14-,15-,16+,17-,18-,20-,21+,22+,23-,25-,26+,27+/m1/s1. The molecule has 0 aromatic heterocycles. The van der Waals surface area contributed by atoms with Crippen molar-refractivity contribution >= 4 is 12.3 Å². The third kappa shape index (κ3) is 2.92. The highest BCUT2D eigenvalue weighted by molar-refractivity contribution is 5.90. The Morgan fingerprint density at radius 2 is 1.94 bits per heavy atom. The molecule has 8 nitrogen and oxygen atoms in total. The number of rotatable bonds is 7. The van der Waals surface area contributed by atoms with Crippen molar-refractivity contribution < 1.29 is 39.1 Å². The highest BCUT2D eigenvalue weighted by atomic mass is 16.7. The Morgan fingerprint density at radius 3 is 2.54 bits per heavy atom. The number of carbonyl (C=O) groups excluding carboxylic acids is 1. The molecule has 196 valence electrons. The first-order valence-electron chi connectivity index (χ1n) is 13.1. The monoisotopic (exact) mass is 492 g/mol. The maximum absolute atomic E-state index is 13.5. The second-order valence-electron chi connectivity index (χ2n) is 12.2. The number of aliphatic hydroxyl groups excluding tert-OH is 2. The van der Waals surface area contributed by atoms with E-state index < -0.39 is 52.9 Å². The molecule has 0 unspecified atom stereocenters. The minimum atomic E-state index is -1.34. The highest BCUT2D eigenvalue weighted by Crippen LogP contribution is 2.82. The number of carboxylic acids is 1. The van der Waals surface area contributed by atoms with Crippen LogP contribution in [0.5, 0.6) is 0 Å². The van der Waals surface area contributed by atoms with E-state index in [9.17, 15) is 24.9 Å². The van der Waals surface area contributed by atoms with Crippen LogP contribution >= 0.6 is 0 Å². The molecular weight excluding hydrogens is 452 g/mol.